The fourth-order valence-corrected chi connectivity index (χ4v) is 2.53. The SMILES string of the molecule is CC1OC2(CCN(C)CC2)CC1=NOCC#N. The van der Waals surface area contributed by atoms with E-state index in [2.05, 4.69) is 17.1 Å². The van der Waals surface area contributed by atoms with Gasteiger partial charge >= 0.3 is 0 Å². The number of rotatable bonds is 2. The number of hydrogen-bond donors (Lipinski definition) is 0. The molecule has 0 amide bonds. The molecule has 0 aromatic rings. The molecule has 2 aliphatic heterocycles. The van der Waals surface area contributed by atoms with E-state index in [1.807, 2.05) is 13.0 Å². The average molecular weight is 237 g/mol. The Balaban J connectivity index is 1.97. The first-order chi connectivity index (χ1) is 8.15. The molecular formula is C12H19N3O2. The minimum atomic E-state index is -0.0409. The van der Waals surface area contributed by atoms with Gasteiger partial charge < -0.3 is 14.5 Å². The van der Waals surface area contributed by atoms with Crippen molar-refractivity contribution in [3.05, 3.63) is 0 Å². The standard InChI is InChI=1S/C12H19N3O2/c1-10-11(14-16-8-5-13)9-12(17-10)3-6-15(2)7-4-12/h10H,3-4,6-9H2,1-2H3. The molecule has 2 aliphatic rings. The van der Waals surface area contributed by atoms with Gasteiger partial charge in [-0.05, 0) is 26.8 Å². The van der Waals surface area contributed by atoms with Crippen LogP contribution in [0, 0.1) is 11.3 Å². The maximum absolute atomic E-state index is 8.40. The first-order valence-corrected chi connectivity index (χ1v) is 6.07. The molecule has 0 N–H and O–H groups in total. The van der Waals surface area contributed by atoms with Gasteiger partial charge in [0.2, 0.25) is 6.61 Å². The summed E-state index contributed by atoms with van der Waals surface area (Å²) in [4.78, 5) is 7.25. The predicted molar refractivity (Wildman–Crippen MR) is 63.6 cm³/mol. The molecule has 0 radical (unpaired) electrons. The lowest BCUT2D eigenvalue weighted by Crippen LogP contribution is -2.42. The van der Waals surface area contributed by atoms with E-state index in [9.17, 15) is 0 Å². The van der Waals surface area contributed by atoms with E-state index in [1.54, 1.807) is 0 Å². The Hall–Kier alpha value is -1.12. The number of oxime groups is 1. The van der Waals surface area contributed by atoms with Gasteiger partial charge in [-0.2, -0.15) is 5.26 Å². The maximum atomic E-state index is 8.40. The van der Waals surface area contributed by atoms with Crippen molar-refractivity contribution in [3.63, 3.8) is 0 Å². The summed E-state index contributed by atoms with van der Waals surface area (Å²) in [6.45, 7) is 4.14. The van der Waals surface area contributed by atoms with Gasteiger partial charge in [-0.1, -0.05) is 5.16 Å². The lowest BCUT2D eigenvalue weighted by molar-refractivity contribution is -0.0657. The van der Waals surface area contributed by atoms with Crippen LogP contribution in [0.2, 0.25) is 0 Å². The monoisotopic (exact) mass is 237 g/mol. The normalized spacial score (nSPS) is 30.6. The van der Waals surface area contributed by atoms with Crippen LogP contribution in [0.25, 0.3) is 0 Å². The molecule has 0 aromatic carbocycles. The molecule has 1 atom stereocenters. The van der Waals surface area contributed by atoms with E-state index in [-0.39, 0.29) is 18.3 Å². The van der Waals surface area contributed by atoms with Gasteiger partial charge in [0.25, 0.3) is 0 Å². The van der Waals surface area contributed by atoms with Crippen molar-refractivity contribution in [2.24, 2.45) is 5.16 Å². The van der Waals surface area contributed by atoms with Crippen molar-refractivity contribution >= 4 is 5.71 Å². The summed E-state index contributed by atoms with van der Waals surface area (Å²) < 4.78 is 6.06. The second-order valence-corrected chi connectivity index (χ2v) is 4.94. The maximum Gasteiger partial charge on any atom is 0.202 e. The fraction of sp³-hybridized carbons (Fsp3) is 0.833. The van der Waals surface area contributed by atoms with Gasteiger partial charge in [0.05, 0.1) is 17.4 Å². The van der Waals surface area contributed by atoms with Crippen LogP contribution in [0.1, 0.15) is 26.2 Å². The molecule has 2 heterocycles. The molecule has 0 aliphatic carbocycles. The summed E-state index contributed by atoms with van der Waals surface area (Å²) in [7, 11) is 2.14. The van der Waals surface area contributed by atoms with Crippen molar-refractivity contribution in [2.75, 3.05) is 26.7 Å². The van der Waals surface area contributed by atoms with E-state index >= 15 is 0 Å². The Morgan fingerprint density at radius 3 is 2.94 bits per heavy atom. The average Bonchev–Trinajstić information content (AvgIpc) is 2.61. The lowest BCUT2D eigenvalue weighted by Gasteiger charge is -2.36. The third-order valence-electron chi connectivity index (χ3n) is 3.61. The van der Waals surface area contributed by atoms with Crippen LogP contribution in [-0.4, -0.2) is 49.1 Å². The van der Waals surface area contributed by atoms with E-state index in [0.717, 1.165) is 38.1 Å². The summed E-state index contributed by atoms with van der Waals surface area (Å²) in [5, 5.41) is 12.4. The minimum absolute atomic E-state index is 0.00591. The predicted octanol–water partition coefficient (Wildman–Crippen LogP) is 1.16. The Morgan fingerprint density at radius 2 is 2.29 bits per heavy atom. The molecule has 2 saturated heterocycles. The highest BCUT2D eigenvalue weighted by Gasteiger charge is 2.44. The summed E-state index contributed by atoms with van der Waals surface area (Å²) in [6, 6.07) is 1.91. The quantitative estimate of drug-likeness (QED) is 0.534. The van der Waals surface area contributed by atoms with Crippen molar-refractivity contribution in [1.29, 1.82) is 5.26 Å². The summed E-state index contributed by atoms with van der Waals surface area (Å²) in [5.41, 5.74) is 0.894. The summed E-state index contributed by atoms with van der Waals surface area (Å²) in [6.07, 6.45) is 2.95. The second kappa shape index (κ2) is 5.03. The zero-order chi connectivity index (χ0) is 12.3. The Kier molecular flexibility index (Phi) is 3.65. The molecule has 0 bridgehead atoms. The van der Waals surface area contributed by atoms with Crippen LogP contribution < -0.4 is 0 Å². The zero-order valence-electron chi connectivity index (χ0n) is 10.5. The minimum Gasteiger partial charge on any atom is -0.380 e. The number of ether oxygens (including phenoxy) is 1. The van der Waals surface area contributed by atoms with Crippen LogP contribution in [0.5, 0.6) is 0 Å². The molecule has 17 heavy (non-hydrogen) atoms. The summed E-state index contributed by atoms with van der Waals surface area (Å²) in [5.74, 6) is 0. The van der Waals surface area contributed by atoms with Crippen molar-refractivity contribution in [2.45, 2.75) is 37.9 Å². The zero-order valence-corrected chi connectivity index (χ0v) is 10.5. The molecule has 2 rings (SSSR count). The van der Waals surface area contributed by atoms with Gasteiger partial charge in [0, 0.05) is 19.5 Å². The fourth-order valence-electron chi connectivity index (χ4n) is 2.53. The molecule has 0 aromatic heterocycles. The number of hydrogen-bond acceptors (Lipinski definition) is 5. The smallest absolute Gasteiger partial charge is 0.202 e. The van der Waals surface area contributed by atoms with E-state index in [1.165, 1.54) is 0 Å². The molecule has 5 heteroatoms. The van der Waals surface area contributed by atoms with Gasteiger partial charge in [-0.25, -0.2) is 0 Å². The number of nitrogens with zero attached hydrogens (tertiary/aromatic N) is 3. The first-order valence-electron chi connectivity index (χ1n) is 6.07. The molecule has 1 spiro atoms. The first kappa shape index (κ1) is 12.3. The molecule has 1 unspecified atom stereocenters. The van der Waals surface area contributed by atoms with E-state index < -0.39 is 0 Å². The lowest BCUT2D eigenvalue weighted by atomic mass is 9.88. The van der Waals surface area contributed by atoms with Gasteiger partial charge in [0.1, 0.15) is 6.07 Å². The third-order valence-corrected chi connectivity index (χ3v) is 3.61. The molecule has 2 fully saturated rings. The van der Waals surface area contributed by atoms with Crippen LogP contribution in [0.3, 0.4) is 0 Å². The van der Waals surface area contributed by atoms with E-state index in [4.69, 9.17) is 14.8 Å². The topological polar surface area (TPSA) is 57.9 Å². The van der Waals surface area contributed by atoms with Gasteiger partial charge in [-0.15, -0.1) is 0 Å². The van der Waals surface area contributed by atoms with Crippen LogP contribution in [0.4, 0.5) is 0 Å². The van der Waals surface area contributed by atoms with Crippen LogP contribution >= 0.6 is 0 Å². The van der Waals surface area contributed by atoms with Crippen LogP contribution in [-0.2, 0) is 9.57 Å². The third kappa shape index (κ3) is 2.76. The second-order valence-electron chi connectivity index (χ2n) is 4.94. The molecule has 5 nitrogen and oxygen atoms in total. The molecular weight excluding hydrogens is 218 g/mol. The van der Waals surface area contributed by atoms with Crippen molar-refractivity contribution in [1.82, 2.24) is 4.90 Å². The molecule has 94 valence electrons. The number of piperidine rings is 1. The number of nitriles is 1. The Bertz CT molecular complexity index is 340. The highest BCUT2D eigenvalue weighted by atomic mass is 16.6. The van der Waals surface area contributed by atoms with Gasteiger partial charge in [0.15, 0.2) is 0 Å². The Morgan fingerprint density at radius 1 is 1.59 bits per heavy atom. The van der Waals surface area contributed by atoms with Crippen molar-refractivity contribution < 1.29 is 9.57 Å². The highest BCUT2D eigenvalue weighted by Crippen LogP contribution is 2.37. The highest BCUT2D eigenvalue weighted by molar-refractivity contribution is 5.90. The van der Waals surface area contributed by atoms with Gasteiger partial charge in [-0.3, -0.25) is 0 Å². The largest absolute Gasteiger partial charge is 0.380 e. The number of likely N-dealkylation sites (tertiary alicyclic amines) is 1. The van der Waals surface area contributed by atoms with E-state index in [0.29, 0.717) is 0 Å². The van der Waals surface area contributed by atoms with Crippen LogP contribution in [0.15, 0.2) is 5.16 Å². The Labute approximate surface area is 102 Å². The summed E-state index contributed by atoms with van der Waals surface area (Å²) >= 11 is 0. The molecule has 0 saturated carbocycles. The van der Waals surface area contributed by atoms with Crippen molar-refractivity contribution in [3.8, 4) is 6.07 Å².